The second-order valence-electron chi connectivity index (χ2n) is 8.14. The minimum absolute atomic E-state index is 0.00417. The van der Waals surface area contributed by atoms with E-state index in [4.69, 9.17) is 5.26 Å². The number of aromatic nitrogens is 1. The van der Waals surface area contributed by atoms with E-state index in [0.29, 0.717) is 19.3 Å². The van der Waals surface area contributed by atoms with Crippen molar-refractivity contribution in [2.75, 3.05) is 43.4 Å². The molecule has 0 spiro atoms. The van der Waals surface area contributed by atoms with Gasteiger partial charge in [0.05, 0.1) is 6.07 Å². The van der Waals surface area contributed by atoms with Crippen molar-refractivity contribution in [1.29, 1.82) is 5.26 Å². The highest BCUT2D eigenvalue weighted by molar-refractivity contribution is 5.94. The van der Waals surface area contributed by atoms with Gasteiger partial charge in [0, 0.05) is 67.0 Å². The van der Waals surface area contributed by atoms with Gasteiger partial charge in [-0.1, -0.05) is 25.1 Å². The highest BCUT2D eigenvalue weighted by atomic mass is 16.1. The number of amides is 1. The maximum atomic E-state index is 11.7. The van der Waals surface area contributed by atoms with Crippen LogP contribution in [0.3, 0.4) is 0 Å². The SMILES string of the molecule is CCC(=O)Nc1ccc(-c2[nH]c3cc(N4CCN(C)CC4)ccc3c2CCC#N)cc1. The molecule has 1 aliphatic rings. The van der Waals surface area contributed by atoms with E-state index in [9.17, 15) is 4.79 Å². The molecule has 1 aromatic heterocycles. The number of carbonyl (C=O) groups excluding carboxylic acids is 1. The third-order valence-corrected chi connectivity index (χ3v) is 6.02. The number of anilines is 2. The van der Waals surface area contributed by atoms with E-state index in [-0.39, 0.29) is 5.91 Å². The number of nitriles is 1. The van der Waals surface area contributed by atoms with Crippen LogP contribution in [0.15, 0.2) is 42.5 Å². The van der Waals surface area contributed by atoms with Crippen molar-refractivity contribution in [3.63, 3.8) is 0 Å². The average molecular weight is 416 g/mol. The summed E-state index contributed by atoms with van der Waals surface area (Å²) in [6.45, 7) is 6.04. The number of fused-ring (bicyclic) bond motifs is 1. The molecule has 0 aliphatic carbocycles. The molecule has 6 heteroatoms. The van der Waals surface area contributed by atoms with Crippen molar-refractivity contribution < 1.29 is 4.79 Å². The van der Waals surface area contributed by atoms with Gasteiger partial charge in [-0.05, 0) is 48.9 Å². The van der Waals surface area contributed by atoms with E-state index >= 15 is 0 Å². The molecule has 0 atom stereocenters. The first kappa shape index (κ1) is 21.0. The largest absolute Gasteiger partial charge is 0.369 e. The Balaban J connectivity index is 1.68. The van der Waals surface area contributed by atoms with E-state index < -0.39 is 0 Å². The van der Waals surface area contributed by atoms with E-state index in [1.807, 2.05) is 31.2 Å². The Morgan fingerprint density at radius 1 is 1.13 bits per heavy atom. The first-order valence-corrected chi connectivity index (χ1v) is 10.9. The highest BCUT2D eigenvalue weighted by Gasteiger charge is 2.17. The molecule has 4 rings (SSSR count). The van der Waals surface area contributed by atoms with Gasteiger partial charge in [-0.2, -0.15) is 5.26 Å². The Labute approximate surface area is 183 Å². The van der Waals surface area contributed by atoms with E-state index in [2.05, 4.69) is 51.4 Å². The van der Waals surface area contributed by atoms with Crippen LogP contribution >= 0.6 is 0 Å². The Morgan fingerprint density at radius 3 is 2.55 bits per heavy atom. The standard InChI is InChI=1S/C25H29N5O/c1-3-24(31)27-19-8-6-18(7-9-19)25-22(5-4-12-26)21-11-10-20(17-23(21)28-25)30-15-13-29(2)14-16-30/h6-11,17,28H,3-5,13-16H2,1-2H3,(H,27,31). The zero-order valence-electron chi connectivity index (χ0n) is 18.2. The van der Waals surface area contributed by atoms with Crippen LogP contribution in [-0.4, -0.2) is 49.0 Å². The van der Waals surface area contributed by atoms with Crippen LogP contribution < -0.4 is 10.2 Å². The first-order chi connectivity index (χ1) is 15.1. The predicted molar refractivity (Wildman–Crippen MR) is 126 cm³/mol. The van der Waals surface area contributed by atoms with Crippen LogP contribution in [0, 0.1) is 11.3 Å². The van der Waals surface area contributed by atoms with E-state index in [0.717, 1.165) is 48.6 Å². The normalized spacial score (nSPS) is 14.5. The first-order valence-electron chi connectivity index (χ1n) is 10.9. The summed E-state index contributed by atoms with van der Waals surface area (Å²) < 4.78 is 0. The van der Waals surface area contributed by atoms with Gasteiger partial charge in [0.2, 0.25) is 5.91 Å². The van der Waals surface area contributed by atoms with Crippen molar-refractivity contribution in [3.8, 4) is 17.3 Å². The molecule has 3 aromatic rings. The lowest BCUT2D eigenvalue weighted by Crippen LogP contribution is -2.44. The van der Waals surface area contributed by atoms with Crippen LogP contribution in [0.25, 0.3) is 22.2 Å². The molecule has 0 bridgehead atoms. The molecule has 1 saturated heterocycles. The van der Waals surface area contributed by atoms with Gasteiger partial charge in [0.25, 0.3) is 0 Å². The van der Waals surface area contributed by atoms with Gasteiger partial charge in [-0.25, -0.2) is 0 Å². The van der Waals surface area contributed by atoms with Crippen LogP contribution in [0.2, 0.25) is 0 Å². The zero-order chi connectivity index (χ0) is 21.8. The molecule has 31 heavy (non-hydrogen) atoms. The Bertz CT molecular complexity index is 1100. The van der Waals surface area contributed by atoms with E-state index in [1.165, 1.54) is 16.6 Å². The third kappa shape index (κ3) is 4.57. The number of nitrogens with zero attached hydrogens (tertiary/aromatic N) is 3. The summed E-state index contributed by atoms with van der Waals surface area (Å²) in [6.07, 6.45) is 1.64. The van der Waals surface area contributed by atoms with Crippen LogP contribution in [-0.2, 0) is 11.2 Å². The Kier molecular flexibility index (Phi) is 6.24. The van der Waals surface area contributed by atoms with Crippen LogP contribution in [0.4, 0.5) is 11.4 Å². The summed E-state index contributed by atoms with van der Waals surface area (Å²) in [6, 6.07) is 16.8. The maximum absolute atomic E-state index is 11.7. The number of hydrogen-bond donors (Lipinski definition) is 2. The number of carbonyl (C=O) groups is 1. The molecule has 1 fully saturated rings. The fourth-order valence-electron chi connectivity index (χ4n) is 4.16. The quantitative estimate of drug-likeness (QED) is 0.626. The minimum atomic E-state index is 0.00417. The van der Waals surface area contributed by atoms with Gasteiger partial charge < -0.3 is 20.1 Å². The lowest BCUT2D eigenvalue weighted by molar-refractivity contribution is -0.115. The highest BCUT2D eigenvalue weighted by Crippen LogP contribution is 2.34. The summed E-state index contributed by atoms with van der Waals surface area (Å²) in [4.78, 5) is 20.1. The van der Waals surface area contributed by atoms with Crippen LogP contribution in [0.5, 0.6) is 0 Å². The number of hydrogen-bond acceptors (Lipinski definition) is 4. The molecule has 6 nitrogen and oxygen atoms in total. The second kappa shape index (κ2) is 9.23. The molecule has 0 unspecified atom stereocenters. The Hall–Kier alpha value is -3.30. The number of aromatic amines is 1. The topological polar surface area (TPSA) is 75.2 Å². The number of likely N-dealkylation sites (N-methyl/N-ethyl adjacent to an activating group) is 1. The summed E-state index contributed by atoms with van der Waals surface area (Å²) in [5.74, 6) is 0.00417. The number of benzene rings is 2. The summed E-state index contributed by atoms with van der Waals surface area (Å²) in [7, 11) is 2.16. The molecule has 1 aliphatic heterocycles. The van der Waals surface area contributed by atoms with Crippen LogP contribution in [0.1, 0.15) is 25.3 Å². The number of rotatable bonds is 6. The zero-order valence-corrected chi connectivity index (χ0v) is 18.2. The number of aryl methyl sites for hydroxylation is 1. The molecule has 0 saturated carbocycles. The van der Waals surface area contributed by atoms with Gasteiger partial charge in [-0.3, -0.25) is 4.79 Å². The lowest BCUT2D eigenvalue weighted by Gasteiger charge is -2.34. The Morgan fingerprint density at radius 2 is 1.87 bits per heavy atom. The monoisotopic (exact) mass is 415 g/mol. The molecular formula is C25H29N5O. The molecule has 160 valence electrons. The molecular weight excluding hydrogens is 386 g/mol. The van der Waals surface area contributed by atoms with Gasteiger partial charge in [-0.15, -0.1) is 0 Å². The fraction of sp³-hybridized carbons (Fsp3) is 0.360. The second-order valence-corrected chi connectivity index (χ2v) is 8.14. The molecule has 2 N–H and O–H groups in total. The van der Waals surface area contributed by atoms with Crippen molar-refractivity contribution in [3.05, 3.63) is 48.0 Å². The number of piperazine rings is 1. The van der Waals surface area contributed by atoms with Crippen molar-refractivity contribution in [2.24, 2.45) is 0 Å². The maximum Gasteiger partial charge on any atom is 0.224 e. The minimum Gasteiger partial charge on any atom is -0.369 e. The van der Waals surface area contributed by atoms with Crippen molar-refractivity contribution in [2.45, 2.75) is 26.2 Å². The molecule has 2 aromatic carbocycles. The molecule has 0 radical (unpaired) electrons. The average Bonchev–Trinajstić information content (AvgIpc) is 3.16. The number of H-pyrrole nitrogens is 1. The summed E-state index contributed by atoms with van der Waals surface area (Å²) >= 11 is 0. The van der Waals surface area contributed by atoms with Gasteiger partial charge >= 0.3 is 0 Å². The summed E-state index contributed by atoms with van der Waals surface area (Å²) in [5.41, 5.74) is 6.41. The van der Waals surface area contributed by atoms with Crippen molar-refractivity contribution in [1.82, 2.24) is 9.88 Å². The molecule has 2 heterocycles. The smallest absolute Gasteiger partial charge is 0.224 e. The number of nitrogens with one attached hydrogen (secondary N) is 2. The fourth-order valence-corrected chi connectivity index (χ4v) is 4.16. The third-order valence-electron chi connectivity index (χ3n) is 6.02. The van der Waals surface area contributed by atoms with Gasteiger partial charge in [0.1, 0.15) is 0 Å². The van der Waals surface area contributed by atoms with Crippen molar-refractivity contribution >= 4 is 28.2 Å². The molecule has 1 amide bonds. The van der Waals surface area contributed by atoms with E-state index in [1.54, 1.807) is 0 Å². The summed E-state index contributed by atoms with van der Waals surface area (Å²) in [5, 5.41) is 13.2. The van der Waals surface area contributed by atoms with Gasteiger partial charge in [0.15, 0.2) is 0 Å². The predicted octanol–water partition coefficient (Wildman–Crippen LogP) is 4.39. The lowest BCUT2D eigenvalue weighted by atomic mass is 10.0.